The molecule has 30 heavy (non-hydrogen) atoms. The van der Waals surface area contributed by atoms with Gasteiger partial charge in [0.25, 0.3) is 5.91 Å². The highest BCUT2D eigenvalue weighted by atomic mass is 32.2. The maximum Gasteiger partial charge on any atom is 0.251 e. The lowest BCUT2D eigenvalue weighted by molar-refractivity contribution is -0.137. The first kappa shape index (κ1) is 22.7. The van der Waals surface area contributed by atoms with Crippen LogP contribution in [0.5, 0.6) is 0 Å². The molecule has 2 heterocycles. The summed E-state index contributed by atoms with van der Waals surface area (Å²) in [6.07, 6.45) is 2.64. The minimum absolute atomic E-state index is 0.0120. The van der Waals surface area contributed by atoms with Crippen LogP contribution in [0.2, 0.25) is 0 Å². The number of likely N-dealkylation sites (N-methyl/N-ethyl adjacent to an activating group) is 1. The molecule has 0 saturated carbocycles. The molecule has 9 heteroatoms. The molecule has 2 fully saturated rings. The molecule has 2 aliphatic rings. The Labute approximate surface area is 179 Å². The van der Waals surface area contributed by atoms with Gasteiger partial charge in [0.05, 0.1) is 12.2 Å². The van der Waals surface area contributed by atoms with Crippen molar-refractivity contribution in [2.24, 2.45) is 5.92 Å². The minimum atomic E-state index is -3.21. The van der Waals surface area contributed by atoms with Crippen LogP contribution in [0.25, 0.3) is 0 Å². The van der Waals surface area contributed by atoms with E-state index in [4.69, 9.17) is 0 Å². The Kier molecular flexibility index (Phi) is 7.15. The zero-order valence-corrected chi connectivity index (χ0v) is 18.8. The predicted octanol–water partition coefficient (Wildman–Crippen LogP) is 0.539. The summed E-state index contributed by atoms with van der Waals surface area (Å²) in [5.74, 6) is -0.130. The van der Waals surface area contributed by atoms with E-state index in [-0.39, 0.29) is 23.8 Å². The molecule has 2 saturated heterocycles. The van der Waals surface area contributed by atoms with Crippen molar-refractivity contribution in [2.75, 3.05) is 52.6 Å². The SMILES string of the molecule is Cc1ccccc1C(=O)N[C@H]1CC[C@@H](C(=O)N2CCN(S(C)(=O)=O)CC2)CN(C)C1. The van der Waals surface area contributed by atoms with Crippen LogP contribution in [0.15, 0.2) is 24.3 Å². The zero-order chi connectivity index (χ0) is 21.9. The normalized spacial score (nSPS) is 24.3. The Morgan fingerprint density at radius 3 is 2.33 bits per heavy atom. The number of likely N-dealkylation sites (tertiary alicyclic amines) is 1. The fourth-order valence-electron chi connectivity index (χ4n) is 4.32. The molecule has 3 rings (SSSR count). The number of hydrogen-bond acceptors (Lipinski definition) is 5. The van der Waals surface area contributed by atoms with E-state index in [1.165, 1.54) is 10.6 Å². The molecular weight excluding hydrogens is 404 g/mol. The van der Waals surface area contributed by atoms with Gasteiger partial charge in [-0.2, -0.15) is 4.31 Å². The fourth-order valence-corrected chi connectivity index (χ4v) is 5.15. The average molecular weight is 437 g/mol. The molecular formula is C21H32N4O4S. The summed E-state index contributed by atoms with van der Waals surface area (Å²) in [6, 6.07) is 7.51. The van der Waals surface area contributed by atoms with E-state index < -0.39 is 10.0 Å². The molecule has 2 atom stereocenters. The number of sulfonamides is 1. The first-order chi connectivity index (χ1) is 14.1. The van der Waals surface area contributed by atoms with Gasteiger partial charge in [0.15, 0.2) is 0 Å². The minimum Gasteiger partial charge on any atom is -0.348 e. The number of rotatable bonds is 4. The maximum atomic E-state index is 13.0. The van der Waals surface area contributed by atoms with Crippen LogP contribution in [0.3, 0.4) is 0 Å². The highest BCUT2D eigenvalue weighted by molar-refractivity contribution is 7.88. The highest BCUT2D eigenvalue weighted by Gasteiger charge is 2.33. The molecule has 2 aliphatic heterocycles. The van der Waals surface area contributed by atoms with Gasteiger partial charge in [-0.1, -0.05) is 18.2 Å². The van der Waals surface area contributed by atoms with E-state index in [1.54, 1.807) is 4.90 Å². The molecule has 1 aromatic carbocycles. The number of nitrogens with zero attached hydrogens (tertiary/aromatic N) is 3. The average Bonchev–Trinajstić information content (AvgIpc) is 2.88. The van der Waals surface area contributed by atoms with Crippen molar-refractivity contribution >= 4 is 21.8 Å². The van der Waals surface area contributed by atoms with E-state index in [1.807, 2.05) is 38.2 Å². The summed E-state index contributed by atoms with van der Waals surface area (Å²) in [4.78, 5) is 29.6. The third-order valence-corrected chi connectivity index (χ3v) is 7.32. The number of piperazine rings is 1. The molecule has 0 aromatic heterocycles. The predicted molar refractivity (Wildman–Crippen MR) is 116 cm³/mol. The molecule has 0 aliphatic carbocycles. The Bertz CT molecular complexity index is 881. The number of nitrogens with one attached hydrogen (secondary N) is 1. The van der Waals surface area contributed by atoms with Crippen LogP contribution in [0, 0.1) is 12.8 Å². The topological polar surface area (TPSA) is 90.0 Å². The standard InChI is InChI=1S/C21H32N4O4S/c1-16-6-4-5-7-19(16)20(26)22-18-9-8-17(14-23(2)15-18)21(27)24-10-12-25(13-11-24)30(3,28)29/h4-7,17-18H,8-15H2,1-3H3,(H,22,26)/t17-,18+/m1/s1. The lowest BCUT2D eigenvalue weighted by Crippen LogP contribution is -2.52. The van der Waals surface area contributed by atoms with Crippen LogP contribution < -0.4 is 5.32 Å². The monoisotopic (exact) mass is 436 g/mol. The van der Waals surface area contributed by atoms with E-state index >= 15 is 0 Å². The van der Waals surface area contributed by atoms with Gasteiger partial charge < -0.3 is 15.1 Å². The fraction of sp³-hybridized carbons (Fsp3) is 0.619. The first-order valence-electron chi connectivity index (χ1n) is 10.4. The summed E-state index contributed by atoms with van der Waals surface area (Å²) in [7, 11) is -1.24. The van der Waals surface area contributed by atoms with Crippen molar-refractivity contribution in [3.05, 3.63) is 35.4 Å². The number of amides is 2. The van der Waals surface area contributed by atoms with E-state index in [9.17, 15) is 18.0 Å². The Hall–Kier alpha value is -1.97. The van der Waals surface area contributed by atoms with Crippen LogP contribution in [0.1, 0.15) is 28.8 Å². The summed E-state index contributed by atoms with van der Waals surface area (Å²) < 4.78 is 24.8. The molecule has 0 spiro atoms. The molecule has 0 bridgehead atoms. The lowest BCUT2D eigenvalue weighted by atomic mass is 9.99. The largest absolute Gasteiger partial charge is 0.348 e. The van der Waals surface area contributed by atoms with Crippen LogP contribution in [0.4, 0.5) is 0 Å². The van der Waals surface area contributed by atoms with Gasteiger partial charge in [0.2, 0.25) is 15.9 Å². The van der Waals surface area contributed by atoms with Crippen LogP contribution in [-0.4, -0.2) is 93.0 Å². The van der Waals surface area contributed by atoms with Gasteiger partial charge in [-0.3, -0.25) is 9.59 Å². The molecule has 0 radical (unpaired) electrons. The quantitative estimate of drug-likeness (QED) is 0.744. The number of hydrogen-bond donors (Lipinski definition) is 1. The van der Waals surface area contributed by atoms with Gasteiger partial charge in [0, 0.05) is 50.9 Å². The van der Waals surface area contributed by atoms with E-state index in [0.717, 1.165) is 12.0 Å². The van der Waals surface area contributed by atoms with Crippen LogP contribution in [-0.2, 0) is 14.8 Å². The summed E-state index contributed by atoms with van der Waals surface area (Å²) in [6.45, 7) is 4.82. The van der Waals surface area contributed by atoms with Crippen molar-refractivity contribution in [3.8, 4) is 0 Å². The van der Waals surface area contributed by atoms with Crippen LogP contribution >= 0.6 is 0 Å². The molecule has 8 nitrogen and oxygen atoms in total. The molecule has 1 aromatic rings. The zero-order valence-electron chi connectivity index (χ0n) is 18.0. The molecule has 2 amide bonds. The van der Waals surface area contributed by atoms with Crippen molar-refractivity contribution < 1.29 is 18.0 Å². The third kappa shape index (κ3) is 5.59. The van der Waals surface area contributed by atoms with Gasteiger partial charge in [-0.05, 0) is 38.4 Å². The number of carbonyl (C=O) groups excluding carboxylic acids is 2. The van der Waals surface area contributed by atoms with Crippen molar-refractivity contribution in [1.29, 1.82) is 0 Å². The second kappa shape index (κ2) is 9.45. The van der Waals surface area contributed by atoms with Gasteiger partial charge >= 0.3 is 0 Å². The molecule has 1 N–H and O–H groups in total. The third-order valence-electron chi connectivity index (χ3n) is 6.02. The summed E-state index contributed by atoms with van der Waals surface area (Å²) in [5, 5.41) is 3.13. The van der Waals surface area contributed by atoms with Crippen molar-refractivity contribution in [1.82, 2.24) is 19.4 Å². The van der Waals surface area contributed by atoms with Gasteiger partial charge in [-0.25, -0.2) is 8.42 Å². The van der Waals surface area contributed by atoms with Crippen molar-refractivity contribution in [3.63, 3.8) is 0 Å². The Morgan fingerprint density at radius 2 is 1.70 bits per heavy atom. The van der Waals surface area contributed by atoms with Gasteiger partial charge in [0.1, 0.15) is 0 Å². The van der Waals surface area contributed by atoms with Crippen molar-refractivity contribution in [2.45, 2.75) is 25.8 Å². The highest BCUT2D eigenvalue weighted by Crippen LogP contribution is 2.20. The Balaban J connectivity index is 1.57. The second-order valence-electron chi connectivity index (χ2n) is 8.47. The lowest BCUT2D eigenvalue weighted by Gasteiger charge is -2.35. The number of carbonyl (C=O) groups is 2. The summed E-state index contributed by atoms with van der Waals surface area (Å²) >= 11 is 0. The van der Waals surface area contributed by atoms with E-state index in [2.05, 4.69) is 10.2 Å². The van der Waals surface area contributed by atoms with Gasteiger partial charge in [-0.15, -0.1) is 0 Å². The maximum absolute atomic E-state index is 13.0. The summed E-state index contributed by atoms with van der Waals surface area (Å²) in [5.41, 5.74) is 1.62. The second-order valence-corrected chi connectivity index (χ2v) is 10.5. The number of benzene rings is 1. The Morgan fingerprint density at radius 1 is 1.03 bits per heavy atom. The number of aryl methyl sites for hydroxylation is 1. The van der Waals surface area contributed by atoms with E-state index in [0.29, 0.717) is 51.3 Å². The molecule has 0 unspecified atom stereocenters. The first-order valence-corrected chi connectivity index (χ1v) is 12.3. The molecule has 166 valence electrons. The smallest absolute Gasteiger partial charge is 0.251 e.